The van der Waals surface area contributed by atoms with E-state index in [0.717, 1.165) is 35.5 Å². The summed E-state index contributed by atoms with van der Waals surface area (Å²) in [7, 11) is 0. The molecule has 2 aromatic carbocycles. The van der Waals surface area contributed by atoms with E-state index in [1.165, 1.54) is 0 Å². The lowest BCUT2D eigenvalue weighted by atomic mass is 9.98. The molecule has 1 aliphatic heterocycles. The maximum Gasteiger partial charge on any atom is 0.415 e. The number of likely N-dealkylation sites (tertiary alicyclic amines) is 1. The van der Waals surface area contributed by atoms with Crippen LogP contribution in [0.25, 0.3) is 0 Å². The molecule has 38 heavy (non-hydrogen) atoms. The van der Waals surface area contributed by atoms with Gasteiger partial charge in [-0.15, -0.1) is 0 Å². The molecule has 8 nitrogen and oxygen atoms in total. The summed E-state index contributed by atoms with van der Waals surface area (Å²) in [6.45, 7) is 3.86. The lowest BCUT2D eigenvalue weighted by Gasteiger charge is -2.31. The van der Waals surface area contributed by atoms with E-state index in [1.54, 1.807) is 35.6 Å². The van der Waals surface area contributed by atoms with Crippen molar-refractivity contribution in [3.63, 3.8) is 0 Å². The Morgan fingerprint density at radius 1 is 1.00 bits per heavy atom. The number of amides is 1. The predicted molar refractivity (Wildman–Crippen MR) is 147 cm³/mol. The average Bonchev–Trinajstić information content (AvgIpc) is 3.49. The highest BCUT2D eigenvalue weighted by Crippen LogP contribution is 2.28. The number of nitrogens with one attached hydrogen (secondary N) is 1. The van der Waals surface area contributed by atoms with E-state index in [-0.39, 0.29) is 11.3 Å². The van der Waals surface area contributed by atoms with E-state index in [1.807, 2.05) is 55.5 Å². The second kappa shape index (κ2) is 12.0. The maximum atomic E-state index is 12.7. The van der Waals surface area contributed by atoms with E-state index in [9.17, 15) is 4.79 Å². The van der Waals surface area contributed by atoms with Crippen molar-refractivity contribution in [1.82, 2.24) is 19.9 Å². The fraction of sp³-hybridized carbons (Fsp3) is 0.276. The highest BCUT2D eigenvalue weighted by Gasteiger charge is 2.25. The molecule has 1 N–H and O–H groups in total. The number of hydrogen-bond acceptors (Lipinski definition) is 7. The summed E-state index contributed by atoms with van der Waals surface area (Å²) in [6.07, 6.45) is 6.63. The topological polar surface area (TPSA) is 89.6 Å². The summed E-state index contributed by atoms with van der Waals surface area (Å²) >= 11 is 4.61. The fourth-order valence-corrected chi connectivity index (χ4v) is 4.52. The number of aromatic nitrogens is 3. The monoisotopic (exact) mass is 530 g/mol. The molecule has 3 heterocycles. The van der Waals surface area contributed by atoms with Crippen LogP contribution in [0.4, 0.5) is 4.79 Å². The minimum Gasteiger partial charge on any atom is -0.493 e. The zero-order valence-corrected chi connectivity index (χ0v) is 22.0. The summed E-state index contributed by atoms with van der Waals surface area (Å²) in [5.41, 5.74) is 2.05. The average molecular weight is 531 g/mol. The number of nitrogens with zero attached hydrogens (tertiary/aromatic N) is 3. The molecule has 4 aromatic rings. The van der Waals surface area contributed by atoms with Gasteiger partial charge in [0.05, 0.1) is 11.9 Å². The Morgan fingerprint density at radius 2 is 1.71 bits per heavy atom. The van der Waals surface area contributed by atoms with Gasteiger partial charge in [0, 0.05) is 37.7 Å². The number of piperidine rings is 1. The van der Waals surface area contributed by atoms with Crippen molar-refractivity contribution in [2.75, 3.05) is 19.7 Å². The molecule has 1 fully saturated rings. The first-order chi connectivity index (χ1) is 18.5. The van der Waals surface area contributed by atoms with Crippen LogP contribution in [0.15, 0.2) is 79.3 Å². The van der Waals surface area contributed by atoms with Crippen molar-refractivity contribution < 1.29 is 19.0 Å². The van der Waals surface area contributed by atoms with Gasteiger partial charge in [0.25, 0.3) is 0 Å². The van der Waals surface area contributed by atoms with Crippen molar-refractivity contribution in [2.24, 2.45) is 5.92 Å². The van der Waals surface area contributed by atoms with Crippen LogP contribution < -0.4 is 14.2 Å². The molecule has 0 saturated carbocycles. The number of benzene rings is 2. The molecule has 5 rings (SSSR count). The number of carbonyl (C=O) groups excluding carboxylic acids is 1. The fourth-order valence-electron chi connectivity index (χ4n) is 4.20. The van der Waals surface area contributed by atoms with Crippen LogP contribution in [0.3, 0.4) is 0 Å². The highest BCUT2D eigenvalue weighted by molar-refractivity contribution is 7.80. The Hall–Kier alpha value is -3.98. The van der Waals surface area contributed by atoms with E-state index < -0.39 is 0 Å². The van der Waals surface area contributed by atoms with Gasteiger partial charge in [-0.25, -0.2) is 14.8 Å². The molecule has 9 heteroatoms. The van der Waals surface area contributed by atoms with Crippen LogP contribution in [0.5, 0.6) is 23.1 Å². The van der Waals surface area contributed by atoms with Crippen molar-refractivity contribution in [1.29, 1.82) is 0 Å². The zero-order valence-electron chi connectivity index (χ0n) is 21.1. The molecule has 2 aromatic heterocycles. The number of ether oxygens (including phenoxy) is 3. The number of imidazole rings is 1. The quantitative estimate of drug-likeness (QED) is 0.263. The lowest BCUT2D eigenvalue weighted by Crippen LogP contribution is -2.41. The van der Waals surface area contributed by atoms with Crippen LogP contribution in [0, 0.1) is 12.8 Å². The van der Waals surface area contributed by atoms with Gasteiger partial charge in [0.2, 0.25) is 5.88 Å². The van der Waals surface area contributed by atoms with Gasteiger partial charge in [-0.05, 0) is 73.2 Å². The first kappa shape index (κ1) is 25.7. The molecule has 0 bridgehead atoms. The Balaban J connectivity index is 1.04. The summed E-state index contributed by atoms with van der Waals surface area (Å²) in [5, 5.41) is -0.168. The summed E-state index contributed by atoms with van der Waals surface area (Å²) in [6, 6.07) is 18.7. The van der Waals surface area contributed by atoms with E-state index >= 15 is 0 Å². The van der Waals surface area contributed by atoms with Crippen molar-refractivity contribution in [3.8, 4) is 23.1 Å². The molecule has 196 valence electrons. The van der Waals surface area contributed by atoms with Gasteiger partial charge in [0.15, 0.2) is 0 Å². The standard InChI is InChI=1S/C29H30N4O4S/c1-20-2-11-26(32-18-20)36-24-9-7-23(8-10-24)35-19-21-12-16-33(17-13-21)29(34)37-25-5-3-22(4-6-25)27(38)28-30-14-15-31-28/h2-11,14-15,18,21,27,38H,12-13,16-17,19H2,1H3,(H,30,31). The number of H-pyrrole nitrogens is 1. The first-order valence-corrected chi connectivity index (χ1v) is 13.1. The van der Waals surface area contributed by atoms with E-state index in [4.69, 9.17) is 14.2 Å². The molecule has 1 unspecified atom stereocenters. The van der Waals surface area contributed by atoms with Crippen LogP contribution >= 0.6 is 12.6 Å². The maximum absolute atomic E-state index is 12.7. The number of rotatable bonds is 8. The number of carbonyl (C=O) groups is 1. The van der Waals surface area contributed by atoms with Crippen LogP contribution in [-0.2, 0) is 0 Å². The Kier molecular flexibility index (Phi) is 8.13. The second-order valence-corrected chi connectivity index (χ2v) is 9.82. The largest absolute Gasteiger partial charge is 0.493 e. The van der Waals surface area contributed by atoms with Crippen LogP contribution in [-0.4, -0.2) is 45.6 Å². The number of aromatic amines is 1. The van der Waals surface area contributed by atoms with Gasteiger partial charge >= 0.3 is 6.09 Å². The second-order valence-electron chi connectivity index (χ2n) is 9.30. The van der Waals surface area contributed by atoms with Gasteiger partial charge < -0.3 is 24.1 Å². The Morgan fingerprint density at radius 3 is 2.37 bits per heavy atom. The van der Waals surface area contributed by atoms with E-state index in [2.05, 4.69) is 27.6 Å². The van der Waals surface area contributed by atoms with Gasteiger partial charge in [-0.2, -0.15) is 12.6 Å². The van der Waals surface area contributed by atoms with Gasteiger partial charge in [-0.3, -0.25) is 0 Å². The van der Waals surface area contributed by atoms with Gasteiger partial charge in [-0.1, -0.05) is 18.2 Å². The zero-order chi connectivity index (χ0) is 26.3. The number of pyridine rings is 1. The number of aryl methyl sites for hydroxylation is 1. The minimum atomic E-state index is -0.329. The third-order valence-electron chi connectivity index (χ3n) is 6.47. The van der Waals surface area contributed by atoms with Crippen molar-refractivity contribution in [3.05, 3.63) is 96.2 Å². The smallest absolute Gasteiger partial charge is 0.415 e. The molecule has 1 atom stereocenters. The molecule has 1 saturated heterocycles. The predicted octanol–water partition coefficient (Wildman–Crippen LogP) is 6.21. The van der Waals surface area contributed by atoms with Crippen molar-refractivity contribution in [2.45, 2.75) is 25.0 Å². The Bertz CT molecular complexity index is 1300. The molecule has 0 spiro atoms. The molecular formula is C29H30N4O4S. The van der Waals surface area contributed by atoms with Crippen LogP contribution in [0.1, 0.15) is 35.0 Å². The summed E-state index contributed by atoms with van der Waals surface area (Å²) < 4.78 is 17.4. The van der Waals surface area contributed by atoms with Crippen molar-refractivity contribution >= 4 is 18.7 Å². The number of thiol groups is 1. The van der Waals surface area contributed by atoms with E-state index in [0.29, 0.717) is 43.0 Å². The van der Waals surface area contributed by atoms with Crippen LogP contribution in [0.2, 0.25) is 0 Å². The molecule has 0 radical (unpaired) electrons. The number of hydrogen-bond donors (Lipinski definition) is 2. The molecule has 1 aliphatic rings. The molecule has 1 amide bonds. The molecular weight excluding hydrogens is 500 g/mol. The SMILES string of the molecule is Cc1ccc(Oc2ccc(OCC3CCN(C(=O)Oc4ccc(C(S)c5ncc[nH]5)cc4)CC3)cc2)nc1. The minimum absolute atomic E-state index is 0.168. The third kappa shape index (κ3) is 6.66. The lowest BCUT2D eigenvalue weighted by molar-refractivity contribution is 0.117. The first-order valence-electron chi connectivity index (χ1n) is 12.6. The third-order valence-corrected chi connectivity index (χ3v) is 7.01. The normalized spacial score (nSPS) is 14.6. The summed E-state index contributed by atoms with van der Waals surface area (Å²) in [5.74, 6) is 3.71. The van der Waals surface area contributed by atoms with Gasteiger partial charge in [0.1, 0.15) is 23.1 Å². The highest BCUT2D eigenvalue weighted by atomic mass is 32.1. The summed E-state index contributed by atoms with van der Waals surface area (Å²) in [4.78, 5) is 26.0. The molecule has 0 aliphatic carbocycles. The Labute approximate surface area is 227 Å².